The third-order valence-electron chi connectivity index (χ3n) is 1.48. The van der Waals surface area contributed by atoms with Gasteiger partial charge in [-0.15, -0.1) is 0 Å². The fourth-order valence-electron chi connectivity index (χ4n) is 0.790. The van der Waals surface area contributed by atoms with Crippen LogP contribution < -0.4 is 5.32 Å². The molecule has 0 fully saturated rings. The van der Waals surface area contributed by atoms with Gasteiger partial charge >= 0.3 is 11.9 Å². The molecule has 0 saturated carbocycles. The largest absolute Gasteiger partial charge is 0.481 e. The van der Waals surface area contributed by atoms with Crippen molar-refractivity contribution in [3.8, 4) is 0 Å². The highest BCUT2D eigenvalue weighted by molar-refractivity contribution is 5.76. The van der Waals surface area contributed by atoms with Crippen molar-refractivity contribution in [2.24, 2.45) is 0 Å². The summed E-state index contributed by atoms with van der Waals surface area (Å²) in [4.78, 5) is 21.0. The Morgan fingerprint density at radius 1 is 1.58 bits per heavy atom. The molecule has 0 bridgehead atoms. The number of rotatable bonds is 5. The average molecular weight is 175 g/mol. The lowest BCUT2D eigenvalue weighted by Crippen LogP contribution is -2.35. The standard InChI is InChI=1S/C7H13NO4/c1-8-5(7(11)12-2)3-4-6(9)10/h5,8H,3-4H2,1-2H3,(H,9,10)/t5-/m0/s1. The number of hydrogen-bond donors (Lipinski definition) is 2. The lowest BCUT2D eigenvalue weighted by atomic mass is 10.1. The molecule has 1 atom stereocenters. The van der Waals surface area contributed by atoms with Crippen molar-refractivity contribution in [2.75, 3.05) is 14.2 Å². The Kier molecular flexibility index (Phi) is 5.03. The number of carbonyl (C=O) groups is 2. The number of ether oxygens (including phenoxy) is 1. The van der Waals surface area contributed by atoms with Crippen LogP contribution in [0.2, 0.25) is 0 Å². The second-order valence-electron chi connectivity index (χ2n) is 2.30. The predicted molar refractivity (Wildman–Crippen MR) is 41.7 cm³/mol. The van der Waals surface area contributed by atoms with Crippen LogP contribution >= 0.6 is 0 Å². The lowest BCUT2D eigenvalue weighted by molar-refractivity contribution is -0.143. The van der Waals surface area contributed by atoms with Gasteiger partial charge in [0.25, 0.3) is 0 Å². The lowest BCUT2D eigenvalue weighted by Gasteiger charge is -2.11. The molecule has 0 rings (SSSR count). The van der Waals surface area contributed by atoms with E-state index < -0.39 is 18.0 Å². The van der Waals surface area contributed by atoms with Gasteiger partial charge in [0.2, 0.25) is 0 Å². The number of hydrogen-bond acceptors (Lipinski definition) is 4. The van der Waals surface area contributed by atoms with Gasteiger partial charge in [0.15, 0.2) is 0 Å². The van der Waals surface area contributed by atoms with Crippen LogP contribution in [0.15, 0.2) is 0 Å². The monoisotopic (exact) mass is 175 g/mol. The molecule has 0 aromatic heterocycles. The Hall–Kier alpha value is -1.10. The SMILES string of the molecule is CN[C@@H](CCC(=O)O)C(=O)OC. The third-order valence-corrected chi connectivity index (χ3v) is 1.48. The van der Waals surface area contributed by atoms with Crippen molar-refractivity contribution in [3.63, 3.8) is 0 Å². The molecule has 5 heteroatoms. The highest BCUT2D eigenvalue weighted by Crippen LogP contribution is 1.98. The molecule has 0 aliphatic heterocycles. The van der Waals surface area contributed by atoms with Gasteiger partial charge in [-0.1, -0.05) is 0 Å². The number of likely N-dealkylation sites (N-methyl/N-ethyl adjacent to an activating group) is 1. The fraction of sp³-hybridized carbons (Fsp3) is 0.714. The first-order valence-corrected chi connectivity index (χ1v) is 3.58. The van der Waals surface area contributed by atoms with Gasteiger partial charge in [-0.25, -0.2) is 0 Å². The maximum absolute atomic E-state index is 10.9. The van der Waals surface area contributed by atoms with Crippen molar-refractivity contribution in [3.05, 3.63) is 0 Å². The zero-order chi connectivity index (χ0) is 9.56. The summed E-state index contributed by atoms with van der Waals surface area (Å²) < 4.78 is 4.44. The van der Waals surface area contributed by atoms with E-state index in [1.165, 1.54) is 7.11 Å². The molecular weight excluding hydrogens is 162 g/mol. The van der Waals surface area contributed by atoms with Crippen LogP contribution in [0.3, 0.4) is 0 Å². The molecule has 0 aliphatic carbocycles. The molecule has 12 heavy (non-hydrogen) atoms. The average Bonchev–Trinajstić information content (AvgIpc) is 2.04. The zero-order valence-corrected chi connectivity index (χ0v) is 7.16. The van der Waals surface area contributed by atoms with Gasteiger partial charge in [0.05, 0.1) is 7.11 Å². The number of carbonyl (C=O) groups excluding carboxylic acids is 1. The summed E-state index contributed by atoms with van der Waals surface area (Å²) in [6.07, 6.45) is 0.207. The van der Waals surface area contributed by atoms with Crippen LogP contribution in [0.4, 0.5) is 0 Å². The van der Waals surface area contributed by atoms with Crippen molar-refractivity contribution in [1.29, 1.82) is 0 Å². The summed E-state index contributed by atoms with van der Waals surface area (Å²) in [6.45, 7) is 0. The normalized spacial score (nSPS) is 12.2. The van der Waals surface area contributed by atoms with Gasteiger partial charge in [-0.05, 0) is 13.5 Å². The molecule has 2 N–H and O–H groups in total. The van der Waals surface area contributed by atoms with Crippen LogP contribution in [0, 0.1) is 0 Å². The molecular formula is C7H13NO4. The number of esters is 1. The second kappa shape index (κ2) is 5.54. The van der Waals surface area contributed by atoms with E-state index in [4.69, 9.17) is 5.11 Å². The molecule has 0 saturated heterocycles. The van der Waals surface area contributed by atoms with E-state index in [9.17, 15) is 9.59 Å². The van der Waals surface area contributed by atoms with Crippen LogP contribution in [0.1, 0.15) is 12.8 Å². The molecule has 0 aromatic rings. The molecule has 5 nitrogen and oxygen atoms in total. The van der Waals surface area contributed by atoms with Crippen LogP contribution in [0.5, 0.6) is 0 Å². The molecule has 0 amide bonds. The number of carboxylic acids is 1. The third kappa shape index (κ3) is 3.92. The molecule has 0 radical (unpaired) electrons. The van der Waals surface area contributed by atoms with E-state index in [0.29, 0.717) is 0 Å². The number of aliphatic carboxylic acids is 1. The van der Waals surface area contributed by atoms with E-state index in [0.717, 1.165) is 0 Å². The first-order chi connectivity index (χ1) is 5.61. The molecule has 70 valence electrons. The topological polar surface area (TPSA) is 75.6 Å². The smallest absolute Gasteiger partial charge is 0.322 e. The van der Waals surface area contributed by atoms with Crippen molar-refractivity contribution < 1.29 is 19.4 Å². The van der Waals surface area contributed by atoms with Gasteiger partial charge < -0.3 is 15.2 Å². The minimum atomic E-state index is -0.917. The highest BCUT2D eigenvalue weighted by atomic mass is 16.5. The minimum absolute atomic E-state index is 0.0411. The van der Waals surface area contributed by atoms with Gasteiger partial charge in [0, 0.05) is 6.42 Å². The van der Waals surface area contributed by atoms with E-state index >= 15 is 0 Å². The predicted octanol–water partition coefficient (Wildman–Crippen LogP) is -0.388. The Morgan fingerprint density at radius 3 is 2.50 bits per heavy atom. The Morgan fingerprint density at radius 2 is 2.17 bits per heavy atom. The van der Waals surface area contributed by atoms with Gasteiger partial charge in [-0.2, -0.15) is 0 Å². The quantitative estimate of drug-likeness (QED) is 0.557. The Bertz CT molecular complexity index is 169. The van der Waals surface area contributed by atoms with E-state index in [-0.39, 0.29) is 12.8 Å². The van der Waals surface area contributed by atoms with Crippen LogP contribution in [-0.2, 0) is 14.3 Å². The number of nitrogens with one attached hydrogen (secondary N) is 1. The first kappa shape index (κ1) is 10.9. The van der Waals surface area contributed by atoms with Crippen LogP contribution in [0.25, 0.3) is 0 Å². The number of carboxylic acid groups (broad SMARTS) is 1. The van der Waals surface area contributed by atoms with E-state index in [1.54, 1.807) is 7.05 Å². The highest BCUT2D eigenvalue weighted by Gasteiger charge is 2.17. The summed E-state index contributed by atoms with van der Waals surface area (Å²) in [5.74, 6) is -1.35. The molecule has 0 spiro atoms. The molecule has 0 aliphatic rings. The van der Waals surface area contributed by atoms with Gasteiger partial charge in [-0.3, -0.25) is 9.59 Å². The first-order valence-electron chi connectivity index (χ1n) is 3.58. The maximum atomic E-state index is 10.9. The molecule has 0 unspecified atom stereocenters. The minimum Gasteiger partial charge on any atom is -0.481 e. The Labute approximate surface area is 70.7 Å². The summed E-state index contributed by atoms with van der Waals surface area (Å²) in [6, 6.07) is -0.522. The van der Waals surface area contributed by atoms with Gasteiger partial charge in [0.1, 0.15) is 6.04 Å². The van der Waals surface area contributed by atoms with E-state index in [2.05, 4.69) is 10.1 Å². The Balaban J connectivity index is 3.83. The second-order valence-corrected chi connectivity index (χ2v) is 2.30. The molecule has 0 aromatic carbocycles. The van der Waals surface area contributed by atoms with Crippen molar-refractivity contribution in [1.82, 2.24) is 5.32 Å². The fourth-order valence-corrected chi connectivity index (χ4v) is 0.790. The molecule has 0 heterocycles. The van der Waals surface area contributed by atoms with Crippen molar-refractivity contribution >= 4 is 11.9 Å². The summed E-state index contributed by atoms with van der Waals surface area (Å²) in [5, 5.41) is 11.0. The maximum Gasteiger partial charge on any atom is 0.322 e. The summed E-state index contributed by atoms with van der Waals surface area (Å²) >= 11 is 0. The zero-order valence-electron chi connectivity index (χ0n) is 7.16. The summed E-state index contributed by atoms with van der Waals surface area (Å²) in [7, 11) is 2.86. The number of methoxy groups -OCH3 is 1. The van der Waals surface area contributed by atoms with Crippen LogP contribution in [-0.4, -0.2) is 37.2 Å². The van der Waals surface area contributed by atoms with E-state index in [1.807, 2.05) is 0 Å². The van der Waals surface area contributed by atoms with Crippen molar-refractivity contribution in [2.45, 2.75) is 18.9 Å². The summed E-state index contributed by atoms with van der Waals surface area (Å²) in [5.41, 5.74) is 0.